The molecule has 4 N–H and O–H groups in total. The van der Waals surface area contributed by atoms with Crippen molar-refractivity contribution in [1.82, 2.24) is 0 Å². The van der Waals surface area contributed by atoms with Crippen molar-refractivity contribution < 1.29 is 30.0 Å². The molecule has 154 valence electrons. The largest absolute Gasteiger partial charge is 0.481 e. The molecule has 1 unspecified atom stereocenters. The maximum Gasteiger partial charge on any atom is 0.310 e. The van der Waals surface area contributed by atoms with E-state index in [1.807, 2.05) is 0 Å². The highest BCUT2D eigenvalue weighted by molar-refractivity contribution is 5.79. The van der Waals surface area contributed by atoms with Crippen LogP contribution in [-0.2, 0) is 9.59 Å². The van der Waals surface area contributed by atoms with Gasteiger partial charge in [-0.2, -0.15) is 0 Å². The van der Waals surface area contributed by atoms with Crippen LogP contribution in [0.5, 0.6) is 0 Å². The Balaban J connectivity index is 0. The number of unbranched alkanes of at least 4 members (excludes halogenated alkanes) is 9. The van der Waals surface area contributed by atoms with Crippen LogP contribution < -0.4 is 0 Å². The van der Waals surface area contributed by atoms with Crippen LogP contribution in [0.1, 0.15) is 84.0 Å². The van der Waals surface area contributed by atoms with E-state index in [4.69, 9.17) is 20.4 Å². The summed E-state index contributed by atoms with van der Waals surface area (Å²) in [6, 6.07) is 0. The average molecular weight is 375 g/mol. The number of carboxylic acid groups (broad SMARTS) is 2. The molecule has 6 heteroatoms. The van der Waals surface area contributed by atoms with Crippen LogP contribution in [-0.4, -0.2) is 45.6 Å². The standard InChI is InChI=1S/C16H28O4.C4H10O2/c1-2-3-4-5-6-7-8-9-10-11-12-14(16(19)20)13-15(17)18;5-3-1-2-4-6/h11-12,14H,2-10,13H2,1H3,(H,17,18)(H,19,20);5-6H,1-4H2. The summed E-state index contributed by atoms with van der Waals surface area (Å²) in [5, 5.41) is 33.6. The van der Waals surface area contributed by atoms with Gasteiger partial charge in [0.1, 0.15) is 0 Å². The molecule has 0 rings (SSSR count). The lowest BCUT2D eigenvalue weighted by atomic mass is 10.0. The highest BCUT2D eigenvalue weighted by atomic mass is 16.4. The molecule has 0 aliphatic rings. The first kappa shape index (κ1) is 26.8. The van der Waals surface area contributed by atoms with Crippen molar-refractivity contribution in [1.29, 1.82) is 0 Å². The highest BCUT2D eigenvalue weighted by Gasteiger charge is 2.17. The van der Waals surface area contributed by atoms with Crippen molar-refractivity contribution in [2.45, 2.75) is 84.0 Å². The Hall–Kier alpha value is -1.40. The summed E-state index contributed by atoms with van der Waals surface area (Å²) >= 11 is 0. The Morgan fingerprint density at radius 2 is 1.31 bits per heavy atom. The zero-order valence-corrected chi connectivity index (χ0v) is 16.2. The summed E-state index contributed by atoms with van der Waals surface area (Å²) in [5.74, 6) is -3.05. The quantitative estimate of drug-likeness (QED) is 0.240. The molecule has 0 amide bonds. The fourth-order valence-corrected chi connectivity index (χ4v) is 2.31. The zero-order chi connectivity index (χ0) is 20.0. The lowest BCUT2D eigenvalue weighted by Crippen LogP contribution is -2.15. The Morgan fingerprint density at radius 3 is 1.73 bits per heavy atom. The molecule has 0 aromatic rings. The van der Waals surface area contributed by atoms with E-state index in [0.29, 0.717) is 0 Å². The van der Waals surface area contributed by atoms with Crippen LogP contribution in [0, 0.1) is 5.92 Å². The highest BCUT2D eigenvalue weighted by Crippen LogP contribution is 2.11. The van der Waals surface area contributed by atoms with E-state index in [1.165, 1.54) is 44.6 Å². The Morgan fingerprint density at radius 1 is 0.808 bits per heavy atom. The SMILES string of the molecule is CCCCCCCCCCC=CC(CC(=O)O)C(=O)O.OCCCCO. The Kier molecular flexibility index (Phi) is 22.3. The fourth-order valence-electron chi connectivity index (χ4n) is 2.31. The molecule has 0 spiro atoms. The summed E-state index contributed by atoms with van der Waals surface area (Å²) in [7, 11) is 0. The van der Waals surface area contributed by atoms with Gasteiger partial charge in [-0.05, 0) is 25.7 Å². The molecule has 26 heavy (non-hydrogen) atoms. The van der Waals surface area contributed by atoms with Gasteiger partial charge in [-0.15, -0.1) is 0 Å². The summed E-state index contributed by atoms with van der Waals surface area (Å²) < 4.78 is 0. The minimum Gasteiger partial charge on any atom is -0.481 e. The molecule has 0 radical (unpaired) electrons. The molecule has 0 bridgehead atoms. The first-order valence-corrected chi connectivity index (χ1v) is 9.82. The summed E-state index contributed by atoms with van der Waals surface area (Å²) in [6.07, 6.45) is 15.2. The van der Waals surface area contributed by atoms with E-state index in [-0.39, 0.29) is 19.6 Å². The monoisotopic (exact) mass is 374 g/mol. The summed E-state index contributed by atoms with van der Waals surface area (Å²) in [4.78, 5) is 21.3. The van der Waals surface area contributed by atoms with Crippen molar-refractivity contribution in [3.63, 3.8) is 0 Å². The van der Waals surface area contributed by atoms with Gasteiger partial charge in [0.05, 0.1) is 12.3 Å². The zero-order valence-electron chi connectivity index (χ0n) is 16.2. The van der Waals surface area contributed by atoms with E-state index in [2.05, 4.69) is 6.92 Å². The smallest absolute Gasteiger partial charge is 0.310 e. The van der Waals surface area contributed by atoms with Crippen LogP contribution in [0.3, 0.4) is 0 Å². The molecule has 0 heterocycles. The Bertz CT molecular complexity index is 350. The topological polar surface area (TPSA) is 115 Å². The van der Waals surface area contributed by atoms with Gasteiger partial charge in [-0.25, -0.2) is 0 Å². The Labute approximate surface area is 157 Å². The lowest BCUT2D eigenvalue weighted by Gasteiger charge is -2.03. The van der Waals surface area contributed by atoms with Crippen molar-refractivity contribution in [2.75, 3.05) is 13.2 Å². The van der Waals surface area contributed by atoms with Crippen molar-refractivity contribution in [3.8, 4) is 0 Å². The molecule has 0 saturated heterocycles. The number of rotatable bonds is 16. The molecule has 0 aliphatic heterocycles. The van der Waals surface area contributed by atoms with Crippen LogP contribution in [0.2, 0.25) is 0 Å². The van der Waals surface area contributed by atoms with Crippen molar-refractivity contribution in [2.24, 2.45) is 5.92 Å². The van der Waals surface area contributed by atoms with E-state index in [9.17, 15) is 9.59 Å². The third-order valence-electron chi connectivity index (χ3n) is 3.87. The second-order valence-electron chi connectivity index (χ2n) is 6.39. The van der Waals surface area contributed by atoms with Gasteiger partial charge in [0.2, 0.25) is 0 Å². The maximum absolute atomic E-state index is 10.8. The molecular formula is C20H38O6. The lowest BCUT2D eigenvalue weighted by molar-refractivity contribution is -0.146. The van der Waals surface area contributed by atoms with E-state index in [0.717, 1.165) is 32.1 Å². The number of hydrogen-bond acceptors (Lipinski definition) is 4. The molecule has 1 atom stereocenters. The van der Waals surface area contributed by atoms with Crippen LogP contribution >= 0.6 is 0 Å². The van der Waals surface area contributed by atoms with Crippen molar-refractivity contribution in [3.05, 3.63) is 12.2 Å². The van der Waals surface area contributed by atoms with E-state index in [1.54, 1.807) is 6.08 Å². The number of carboxylic acids is 2. The molecule has 6 nitrogen and oxygen atoms in total. The minimum atomic E-state index is -1.07. The first-order chi connectivity index (χ1) is 12.5. The molecule has 0 aromatic carbocycles. The molecule has 0 aromatic heterocycles. The number of aliphatic hydroxyl groups excluding tert-OH is 2. The van der Waals surface area contributed by atoms with Crippen molar-refractivity contribution >= 4 is 11.9 Å². The van der Waals surface area contributed by atoms with Crippen LogP contribution in [0.4, 0.5) is 0 Å². The first-order valence-electron chi connectivity index (χ1n) is 9.82. The molecule has 0 saturated carbocycles. The van der Waals surface area contributed by atoms with Crippen LogP contribution in [0.15, 0.2) is 12.2 Å². The van der Waals surface area contributed by atoms with Crippen LogP contribution in [0.25, 0.3) is 0 Å². The summed E-state index contributed by atoms with van der Waals surface area (Å²) in [5.41, 5.74) is 0. The van der Waals surface area contributed by atoms with Gasteiger partial charge < -0.3 is 20.4 Å². The predicted octanol–water partition coefficient (Wildman–Crippen LogP) is 4.00. The second kappa shape index (κ2) is 21.6. The maximum atomic E-state index is 10.8. The fraction of sp³-hybridized carbons (Fsp3) is 0.800. The number of hydrogen-bond donors (Lipinski definition) is 4. The van der Waals surface area contributed by atoms with E-state index >= 15 is 0 Å². The van der Waals surface area contributed by atoms with Gasteiger partial charge >= 0.3 is 11.9 Å². The third-order valence-corrected chi connectivity index (χ3v) is 3.87. The molecule has 0 fully saturated rings. The normalized spacial score (nSPS) is 11.8. The van der Waals surface area contributed by atoms with Gasteiger partial charge in [0.25, 0.3) is 0 Å². The van der Waals surface area contributed by atoms with Gasteiger partial charge in [0, 0.05) is 13.2 Å². The van der Waals surface area contributed by atoms with Gasteiger partial charge in [0.15, 0.2) is 0 Å². The molecule has 0 aliphatic carbocycles. The predicted molar refractivity (Wildman–Crippen MR) is 103 cm³/mol. The summed E-state index contributed by atoms with van der Waals surface area (Å²) in [6.45, 7) is 2.60. The minimum absolute atomic E-state index is 0.195. The second-order valence-corrected chi connectivity index (χ2v) is 6.39. The third kappa shape index (κ3) is 22.6. The number of aliphatic hydroxyl groups is 2. The number of carbonyl (C=O) groups is 2. The average Bonchev–Trinajstić information content (AvgIpc) is 2.60. The molecular weight excluding hydrogens is 336 g/mol. The van der Waals surface area contributed by atoms with Gasteiger partial charge in [-0.3, -0.25) is 9.59 Å². The number of allylic oxidation sites excluding steroid dienone is 1. The number of aliphatic carboxylic acids is 2. The van der Waals surface area contributed by atoms with E-state index < -0.39 is 17.9 Å². The van der Waals surface area contributed by atoms with Gasteiger partial charge in [-0.1, -0.05) is 64.0 Å².